The highest BCUT2D eigenvalue weighted by Crippen LogP contribution is 2.41. The van der Waals surface area contributed by atoms with Crippen molar-refractivity contribution in [3.63, 3.8) is 0 Å². The SMILES string of the molecule is [2H]C1=C(SCc2cccc(F)c2F)N(CC(=O)N(Cc2ccc(-c3ccc(C(F)(F)F)cc3)cc2)C2CCN(CC([2H])([2H])OC([2H])([2H])[2H])CC2)c2c([2H])c([2H])c(C)c([2H])c2C1O. The van der Waals surface area contributed by atoms with Crippen molar-refractivity contribution in [1.29, 1.82) is 0 Å². The number of hydrogen-bond acceptors (Lipinski definition) is 6. The summed E-state index contributed by atoms with van der Waals surface area (Å²) in [5, 5.41) is 11.3. The van der Waals surface area contributed by atoms with E-state index in [1.807, 2.05) is 0 Å². The van der Waals surface area contributed by atoms with Gasteiger partial charge in [-0.05, 0) is 66.7 Å². The molecule has 4 aromatic carbocycles. The molecule has 1 unspecified atom stereocenters. The minimum absolute atomic E-state index is 0.0213. The normalized spacial score (nSPS) is 19.9. The Balaban J connectivity index is 1.34. The summed E-state index contributed by atoms with van der Waals surface area (Å²) < 4.78 is 147. The van der Waals surface area contributed by atoms with E-state index in [4.69, 9.17) is 12.3 Å². The lowest BCUT2D eigenvalue weighted by atomic mass is 9.99. The highest BCUT2D eigenvalue weighted by molar-refractivity contribution is 8.02. The molecule has 2 aliphatic rings. The second kappa shape index (κ2) is 16.8. The van der Waals surface area contributed by atoms with E-state index in [0.29, 0.717) is 16.7 Å². The summed E-state index contributed by atoms with van der Waals surface area (Å²) in [5.41, 5.74) is 0.568. The Morgan fingerprint density at radius 1 is 1.06 bits per heavy atom. The first-order chi connectivity index (χ1) is 29.0. The standard InChI is InChI=1S/C41H42F5N3O3S/c1-27-6-15-36-34(22-27)37(50)23-39(53-26-31-4-3-5-35(42)40(31)43)49(36)25-38(51)48(33-16-18-47(19-17-33)20-21-52-2)24-28-7-9-29(10-8-28)30-11-13-32(14-12-30)41(44,45)46/h3-15,22-23,33,37,50H,16-21,24-26H2,1-2H3/i2D3,6D,15D,21D2,22D,23D. The van der Waals surface area contributed by atoms with Gasteiger partial charge < -0.3 is 24.5 Å². The molecular formula is C41H42F5N3O3S. The van der Waals surface area contributed by atoms with Gasteiger partial charge in [0.15, 0.2) is 11.6 Å². The maximum atomic E-state index is 14.9. The number of thioether (sulfide) groups is 1. The number of nitrogens with zero attached hydrogens (tertiary/aromatic N) is 3. The van der Waals surface area contributed by atoms with Crippen LogP contribution in [0.25, 0.3) is 11.1 Å². The van der Waals surface area contributed by atoms with Crippen LogP contribution in [0, 0.1) is 18.6 Å². The van der Waals surface area contributed by atoms with Crippen LogP contribution in [0.2, 0.25) is 0 Å². The molecule has 0 saturated carbocycles. The van der Waals surface area contributed by atoms with Crippen LogP contribution < -0.4 is 4.90 Å². The van der Waals surface area contributed by atoms with Crippen molar-refractivity contribution in [1.82, 2.24) is 9.80 Å². The van der Waals surface area contributed by atoms with Crippen LogP contribution >= 0.6 is 11.8 Å². The number of halogens is 5. The fourth-order valence-electron chi connectivity index (χ4n) is 6.38. The van der Waals surface area contributed by atoms with Crippen LogP contribution in [0.3, 0.4) is 0 Å². The Morgan fingerprint density at radius 3 is 2.43 bits per heavy atom. The number of ether oxygens (including phenoxy) is 1. The molecule has 6 nitrogen and oxygen atoms in total. The van der Waals surface area contributed by atoms with Crippen molar-refractivity contribution in [3.8, 4) is 11.1 Å². The van der Waals surface area contributed by atoms with E-state index in [1.54, 1.807) is 34.1 Å². The third kappa shape index (κ3) is 9.29. The van der Waals surface area contributed by atoms with Gasteiger partial charge in [-0.25, -0.2) is 8.78 Å². The van der Waals surface area contributed by atoms with Crippen LogP contribution in [-0.2, 0) is 28.0 Å². The Morgan fingerprint density at radius 2 is 1.75 bits per heavy atom. The zero-order valence-electron chi connectivity index (χ0n) is 37.6. The van der Waals surface area contributed by atoms with Crippen LogP contribution in [0.15, 0.2) is 95.9 Å². The molecule has 0 spiro atoms. The number of fused-ring (bicyclic) bond motifs is 1. The van der Waals surface area contributed by atoms with Gasteiger partial charge in [0.05, 0.1) is 29.5 Å². The number of rotatable bonds is 12. The minimum atomic E-state index is -4.51. The fraction of sp³-hybridized carbons (Fsp3) is 0.341. The average molecular weight is 761 g/mol. The molecule has 1 atom stereocenters. The number of carbonyl (C=O) groups excluding carboxylic acids is 1. The first-order valence-corrected chi connectivity index (χ1v) is 17.7. The van der Waals surface area contributed by atoms with E-state index >= 15 is 0 Å². The number of aliphatic hydroxyl groups excluding tert-OH is 1. The zero-order chi connectivity index (χ0) is 45.5. The summed E-state index contributed by atoms with van der Waals surface area (Å²) in [6.45, 7) is -1.63. The van der Waals surface area contributed by atoms with Crippen molar-refractivity contribution in [2.75, 3.05) is 44.7 Å². The number of hydrogen-bond donors (Lipinski definition) is 1. The summed E-state index contributed by atoms with van der Waals surface area (Å²) in [4.78, 5) is 19.3. The predicted octanol–water partition coefficient (Wildman–Crippen LogP) is 8.73. The van der Waals surface area contributed by atoms with Gasteiger partial charge >= 0.3 is 6.18 Å². The first-order valence-electron chi connectivity index (χ1n) is 21.3. The van der Waals surface area contributed by atoms with Crippen LogP contribution in [0.1, 0.15) is 59.1 Å². The molecule has 0 radical (unpaired) electrons. The Labute approximate surface area is 323 Å². The maximum Gasteiger partial charge on any atom is 0.416 e. The largest absolute Gasteiger partial charge is 0.416 e. The van der Waals surface area contributed by atoms with E-state index in [1.165, 1.54) is 36.1 Å². The van der Waals surface area contributed by atoms with Crippen molar-refractivity contribution in [2.24, 2.45) is 0 Å². The van der Waals surface area contributed by atoms with E-state index < -0.39 is 73.7 Å². The number of methoxy groups -OCH3 is 1. The van der Waals surface area contributed by atoms with E-state index in [0.717, 1.165) is 30.0 Å². The quantitative estimate of drug-likeness (QED) is 0.146. The van der Waals surface area contributed by atoms with E-state index in [9.17, 15) is 31.9 Å². The second-order valence-electron chi connectivity index (χ2n) is 12.7. The summed E-state index contributed by atoms with van der Waals surface area (Å²) in [6.07, 6.45) is -5.70. The summed E-state index contributed by atoms with van der Waals surface area (Å²) in [6, 6.07) is 12.9. The lowest BCUT2D eigenvalue weighted by Gasteiger charge is -2.40. The zero-order valence-corrected chi connectivity index (χ0v) is 29.4. The van der Waals surface area contributed by atoms with Gasteiger partial charge in [-0.1, -0.05) is 66.2 Å². The number of likely N-dealkylation sites (tertiary alicyclic amines) is 1. The average Bonchev–Trinajstić information content (AvgIpc) is 3.20. The van der Waals surface area contributed by atoms with E-state index in [2.05, 4.69) is 4.74 Å². The maximum absolute atomic E-state index is 14.9. The Bertz CT molecular complexity index is 2330. The molecule has 0 aliphatic carbocycles. The van der Waals surface area contributed by atoms with Crippen molar-refractivity contribution in [3.05, 3.63) is 135 Å². The summed E-state index contributed by atoms with van der Waals surface area (Å²) in [7, 11) is -2.98. The van der Waals surface area contributed by atoms with Crippen LogP contribution in [-0.4, -0.2) is 66.6 Å². The van der Waals surface area contributed by atoms with Crippen molar-refractivity contribution >= 4 is 23.4 Å². The number of alkyl halides is 3. The highest BCUT2D eigenvalue weighted by atomic mass is 32.2. The predicted molar refractivity (Wildman–Crippen MR) is 198 cm³/mol. The number of piperidine rings is 1. The number of anilines is 1. The number of amides is 1. The molecule has 12 heteroatoms. The lowest BCUT2D eigenvalue weighted by Crippen LogP contribution is -2.50. The smallest absolute Gasteiger partial charge is 0.384 e. The van der Waals surface area contributed by atoms with Crippen molar-refractivity contribution < 1.29 is 48.9 Å². The molecule has 6 rings (SSSR count). The van der Waals surface area contributed by atoms with Gasteiger partial charge in [-0.15, -0.1) is 11.8 Å². The number of aliphatic hydroxyl groups is 1. The summed E-state index contributed by atoms with van der Waals surface area (Å²) in [5.74, 6) is -3.08. The molecule has 0 bridgehead atoms. The molecule has 1 amide bonds. The molecule has 53 heavy (non-hydrogen) atoms. The number of benzene rings is 4. The van der Waals surface area contributed by atoms with E-state index in [-0.39, 0.29) is 84.3 Å². The number of carbonyl (C=O) groups is 1. The van der Waals surface area contributed by atoms with Crippen LogP contribution in [0.5, 0.6) is 0 Å². The second-order valence-corrected chi connectivity index (χ2v) is 13.7. The molecule has 1 fully saturated rings. The molecule has 0 aromatic heterocycles. The third-order valence-corrected chi connectivity index (χ3v) is 10.3. The minimum Gasteiger partial charge on any atom is -0.384 e. The monoisotopic (exact) mass is 760 g/mol. The topological polar surface area (TPSA) is 56.3 Å². The molecule has 280 valence electrons. The molecular weight excluding hydrogens is 710 g/mol. The molecule has 1 saturated heterocycles. The first kappa shape index (κ1) is 28.2. The molecule has 4 aromatic rings. The fourth-order valence-corrected chi connectivity index (χ4v) is 7.40. The van der Waals surface area contributed by atoms with Gasteiger partial charge in [0.2, 0.25) is 5.91 Å². The van der Waals surface area contributed by atoms with Gasteiger partial charge in [0.25, 0.3) is 0 Å². The van der Waals surface area contributed by atoms with Gasteiger partial charge in [0.1, 0.15) is 12.6 Å². The lowest BCUT2D eigenvalue weighted by molar-refractivity contribution is -0.137. The third-order valence-electron chi connectivity index (χ3n) is 9.21. The van der Waals surface area contributed by atoms with Crippen LogP contribution in [0.4, 0.5) is 27.6 Å². The summed E-state index contributed by atoms with van der Waals surface area (Å²) >= 11 is 0.804. The van der Waals surface area contributed by atoms with Gasteiger partial charge in [0, 0.05) is 61.8 Å². The Kier molecular flexibility index (Phi) is 8.98. The van der Waals surface area contributed by atoms with Gasteiger partial charge in [-0.2, -0.15) is 13.2 Å². The van der Waals surface area contributed by atoms with Crippen molar-refractivity contribution in [2.45, 2.75) is 50.4 Å². The molecule has 2 aliphatic heterocycles. The Hall–Kier alpha value is -4.23. The molecule has 2 heterocycles. The molecule has 1 N–H and O–H groups in total. The highest BCUT2D eigenvalue weighted by Gasteiger charge is 2.33. The van der Waals surface area contributed by atoms with Gasteiger partial charge in [-0.3, -0.25) is 4.79 Å².